The molecule has 0 aliphatic carbocycles. The number of hydrogen-bond acceptors (Lipinski definition) is 2. The number of aliphatic hydroxyl groups excluding tert-OH is 1. The van der Waals surface area contributed by atoms with Gasteiger partial charge in [0.2, 0.25) is 0 Å². The second-order valence-electron chi connectivity index (χ2n) is 3.32. The van der Waals surface area contributed by atoms with Crippen molar-refractivity contribution in [1.82, 2.24) is 5.32 Å². The van der Waals surface area contributed by atoms with E-state index in [-0.39, 0.29) is 12.1 Å². The third-order valence-electron chi connectivity index (χ3n) is 1.77. The maximum atomic E-state index is 8.49. The van der Waals surface area contributed by atoms with Crippen molar-refractivity contribution in [2.45, 2.75) is 32.2 Å². The lowest BCUT2D eigenvalue weighted by molar-refractivity contribution is 0.302. The van der Waals surface area contributed by atoms with E-state index in [0.29, 0.717) is 0 Å². The molecule has 0 radical (unpaired) electrons. The Morgan fingerprint density at radius 2 is 2.00 bits per heavy atom. The molecule has 0 aromatic rings. The van der Waals surface area contributed by atoms with E-state index >= 15 is 0 Å². The predicted molar refractivity (Wildman–Crippen MR) is 48.6 cm³/mol. The molecular weight excluding hydrogens is 138 g/mol. The van der Waals surface area contributed by atoms with Crippen molar-refractivity contribution in [2.75, 3.05) is 13.7 Å². The summed E-state index contributed by atoms with van der Waals surface area (Å²) in [4.78, 5) is 0. The smallest absolute Gasteiger partial charge is 0.0465 e. The highest BCUT2D eigenvalue weighted by Crippen LogP contribution is 2.07. The summed E-state index contributed by atoms with van der Waals surface area (Å²) in [7, 11) is 1.96. The quantitative estimate of drug-likeness (QED) is 0.590. The lowest BCUT2D eigenvalue weighted by Crippen LogP contribution is -2.35. The fourth-order valence-corrected chi connectivity index (χ4v) is 0.672. The van der Waals surface area contributed by atoms with Gasteiger partial charge < -0.3 is 10.4 Å². The van der Waals surface area contributed by atoms with E-state index in [2.05, 4.69) is 25.2 Å². The van der Waals surface area contributed by atoms with Crippen LogP contribution in [0, 0.1) is 0 Å². The molecule has 0 amide bonds. The molecular formula is C9H19NO. The van der Waals surface area contributed by atoms with Gasteiger partial charge in [-0.05, 0) is 33.7 Å². The summed E-state index contributed by atoms with van der Waals surface area (Å²) in [5.41, 5.74) is 0.173. The summed E-state index contributed by atoms with van der Waals surface area (Å²) >= 11 is 0. The topological polar surface area (TPSA) is 32.3 Å². The van der Waals surface area contributed by atoms with Crippen molar-refractivity contribution in [1.29, 1.82) is 0 Å². The standard InChI is InChI=1S/C9H19NO/c1-9(2,10-3)7-5-4-6-8-11/h4-5,10-11H,6-8H2,1-3H3. The highest BCUT2D eigenvalue weighted by molar-refractivity contribution is 4.90. The van der Waals surface area contributed by atoms with Crippen molar-refractivity contribution >= 4 is 0 Å². The molecule has 0 rings (SSSR count). The van der Waals surface area contributed by atoms with Crippen LogP contribution in [0.5, 0.6) is 0 Å². The molecule has 0 bridgehead atoms. The molecule has 66 valence electrons. The molecule has 0 saturated heterocycles. The molecule has 0 aromatic heterocycles. The van der Waals surface area contributed by atoms with Crippen molar-refractivity contribution in [2.24, 2.45) is 0 Å². The van der Waals surface area contributed by atoms with Gasteiger partial charge in [0.25, 0.3) is 0 Å². The van der Waals surface area contributed by atoms with Crippen LogP contribution >= 0.6 is 0 Å². The van der Waals surface area contributed by atoms with E-state index in [9.17, 15) is 0 Å². The Morgan fingerprint density at radius 1 is 1.36 bits per heavy atom. The Labute approximate surface area is 69.3 Å². The average Bonchev–Trinajstić information content (AvgIpc) is 1.99. The lowest BCUT2D eigenvalue weighted by Gasteiger charge is -2.21. The van der Waals surface area contributed by atoms with Crippen LogP contribution in [-0.2, 0) is 0 Å². The van der Waals surface area contributed by atoms with Crippen LogP contribution in [0.15, 0.2) is 12.2 Å². The van der Waals surface area contributed by atoms with Crippen molar-refractivity contribution in [3.8, 4) is 0 Å². The molecule has 0 saturated carbocycles. The van der Waals surface area contributed by atoms with Crippen LogP contribution in [0.25, 0.3) is 0 Å². The van der Waals surface area contributed by atoms with Gasteiger partial charge in [-0.3, -0.25) is 0 Å². The molecule has 0 fully saturated rings. The van der Waals surface area contributed by atoms with Gasteiger partial charge in [-0.2, -0.15) is 0 Å². The van der Waals surface area contributed by atoms with Gasteiger partial charge in [-0.1, -0.05) is 12.2 Å². The maximum absolute atomic E-state index is 8.49. The molecule has 0 unspecified atom stereocenters. The van der Waals surface area contributed by atoms with E-state index in [1.165, 1.54) is 0 Å². The fraction of sp³-hybridized carbons (Fsp3) is 0.778. The first-order chi connectivity index (χ1) is 5.12. The number of rotatable bonds is 5. The van der Waals surface area contributed by atoms with Gasteiger partial charge in [-0.25, -0.2) is 0 Å². The van der Waals surface area contributed by atoms with Crippen LogP contribution in [0.2, 0.25) is 0 Å². The van der Waals surface area contributed by atoms with Gasteiger partial charge in [0.15, 0.2) is 0 Å². The number of hydrogen-bond donors (Lipinski definition) is 2. The zero-order valence-electron chi connectivity index (χ0n) is 7.72. The Morgan fingerprint density at radius 3 is 2.45 bits per heavy atom. The van der Waals surface area contributed by atoms with Gasteiger partial charge in [-0.15, -0.1) is 0 Å². The molecule has 2 N–H and O–H groups in total. The largest absolute Gasteiger partial charge is 0.396 e. The summed E-state index contributed by atoms with van der Waals surface area (Å²) in [6.45, 7) is 4.54. The molecule has 2 nitrogen and oxygen atoms in total. The van der Waals surface area contributed by atoms with Crippen molar-refractivity contribution < 1.29 is 5.11 Å². The first kappa shape index (κ1) is 10.7. The Kier molecular flexibility index (Phi) is 5.16. The summed E-state index contributed by atoms with van der Waals surface area (Å²) in [6, 6.07) is 0. The first-order valence-corrected chi connectivity index (χ1v) is 4.07. The third kappa shape index (κ3) is 6.07. The molecule has 0 heterocycles. The summed E-state index contributed by atoms with van der Waals surface area (Å²) in [6.07, 6.45) is 5.88. The van der Waals surface area contributed by atoms with Crippen LogP contribution in [0.1, 0.15) is 26.7 Å². The molecule has 2 heteroatoms. The molecule has 11 heavy (non-hydrogen) atoms. The SMILES string of the molecule is CNC(C)(C)CC=CCCO. The molecule has 0 atom stereocenters. The van der Waals surface area contributed by atoms with Crippen molar-refractivity contribution in [3.63, 3.8) is 0 Å². The highest BCUT2D eigenvalue weighted by Gasteiger charge is 2.10. The van der Waals surface area contributed by atoms with Gasteiger partial charge >= 0.3 is 0 Å². The second-order valence-corrected chi connectivity index (χ2v) is 3.32. The third-order valence-corrected chi connectivity index (χ3v) is 1.77. The average molecular weight is 157 g/mol. The maximum Gasteiger partial charge on any atom is 0.0465 e. The van der Waals surface area contributed by atoms with Gasteiger partial charge in [0.1, 0.15) is 0 Å². The van der Waals surface area contributed by atoms with Crippen LogP contribution in [0.3, 0.4) is 0 Å². The Balaban J connectivity index is 3.51. The highest BCUT2D eigenvalue weighted by atomic mass is 16.2. The second kappa shape index (κ2) is 5.33. The van der Waals surface area contributed by atoms with E-state index in [0.717, 1.165) is 12.8 Å². The number of aliphatic hydroxyl groups is 1. The van der Waals surface area contributed by atoms with E-state index < -0.39 is 0 Å². The summed E-state index contributed by atoms with van der Waals surface area (Å²) in [5, 5.41) is 11.7. The zero-order valence-corrected chi connectivity index (χ0v) is 7.72. The number of nitrogens with one attached hydrogen (secondary N) is 1. The molecule has 0 aliphatic rings. The summed E-state index contributed by atoms with van der Waals surface area (Å²) in [5.74, 6) is 0. The van der Waals surface area contributed by atoms with Crippen LogP contribution in [-0.4, -0.2) is 24.3 Å². The van der Waals surface area contributed by atoms with Gasteiger partial charge in [0, 0.05) is 12.1 Å². The predicted octanol–water partition coefficient (Wildman–Crippen LogP) is 1.31. The first-order valence-electron chi connectivity index (χ1n) is 4.07. The van der Waals surface area contributed by atoms with E-state index in [4.69, 9.17) is 5.11 Å². The molecule has 0 aromatic carbocycles. The van der Waals surface area contributed by atoms with E-state index in [1.54, 1.807) is 0 Å². The Bertz CT molecular complexity index is 119. The normalized spacial score (nSPS) is 12.7. The van der Waals surface area contributed by atoms with E-state index in [1.807, 2.05) is 13.1 Å². The lowest BCUT2D eigenvalue weighted by atomic mass is 10.0. The molecule has 0 spiro atoms. The fourth-order valence-electron chi connectivity index (χ4n) is 0.672. The molecule has 0 aliphatic heterocycles. The van der Waals surface area contributed by atoms with Crippen LogP contribution in [0.4, 0.5) is 0 Å². The van der Waals surface area contributed by atoms with Crippen LogP contribution < -0.4 is 5.32 Å². The Hall–Kier alpha value is -0.340. The minimum absolute atomic E-state index is 0.173. The minimum atomic E-state index is 0.173. The monoisotopic (exact) mass is 157 g/mol. The zero-order chi connectivity index (χ0) is 8.74. The minimum Gasteiger partial charge on any atom is -0.396 e. The van der Waals surface area contributed by atoms with Crippen molar-refractivity contribution in [3.05, 3.63) is 12.2 Å². The summed E-state index contributed by atoms with van der Waals surface area (Å²) < 4.78 is 0. The van der Waals surface area contributed by atoms with Gasteiger partial charge in [0.05, 0.1) is 0 Å².